The van der Waals surface area contributed by atoms with Crippen LogP contribution in [0.5, 0.6) is 5.06 Å². The van der Waals surface area contributed by atoms with Gasteiger partial charge in [-0.25, -0.2) is 0 Å². The summed E-state index contributed by atoms with van der Waals surface area (Å²) in [5.74, 6) is 1.41. The third-order valence-corrected chi connectivity index (χ3v) is 5.20. The number of thiophene rings is 1. The Balaban J connectivity index is 2.09. The third-order valence-electron chi connectivity index (χ3n) is 3.38. The summed E-state index contributed by atoms with van der Waals surface area (Å²) >= 11 is 8.21. The fraction of sp³-hybridized carbons (Fsp3) is 0.667. The number of hydrogen-bond acceptors (Lipinski definition) is 2. The average molecular weight is 245 g/mol. The zero-order valence-corrected chi connectivity index (χ0v) is 10.8. The van der Waals surface area contributed by atoms with Gasteiger partial charge in [0.15, 0.2) is 5.06 Å². The Morgan fingerprint density at radius 3 is 2.80 bits per heavy atom. The minimum absolute atomic E-state index is 0.177. The van der Waals surface area contributed by atoms with Gasteiger partial charge in [-0.2, -0.15) is 0 Å². The van der Waals surface area contributed by atoms with Crippen molar-refractivity contribution in [1.29, 1.82) is 0 Å². The van der Waals surface area contributed by atoms with Gasteiger partial charge in [0.2, 0.25) is 0 Å². The second-order valence-corrected chi connectivity index (χ2v) is 5.88. The molecule has 0 bridgehead atoms. The van der Waals surface area contributed by atoms with Crippen molar-refractivity contribution in [3.63, 3.8) is 0 Å². The van der Waals surface area contributed by atoms with Crippen molar-refractivity contribution in [1.82, 2.24) is 0 Å². The molecule has 1 saturated carbocycles. The molecule has 1 aromatic rings. The smallest absolute Gasteiger partial charge is 0.173 e. The Hall–Kier alpha value is -0.210. The van der Waals surface area contributed by atoms with Crippen LogP contribution >= 0.6 is 22.9 Å². The maximum atomic E-state index is 6.53. The van der Waals surface area contributed by atoms with Crippen molar-refractivity contribution in [2.75, 3.05) is 7.11 Å². The number of ether oxygens (including phenoxy) is 1. The lowest BCUT2D eigenvalue weighted by atomic mass is 9.93. The van der Waals surface area contributed by atoms with E-state index in [-0.39, 0.29) is 5.38 Å². The van der Waals surface area contributed by atoms with Crippen LogP contribution in [0.2, 0.25) is 0 Å². The molecule has 1 nitrogen and oxygen atoms in total. The van der Waals surface area contributed by atoms with Crippen LogP contribution in [-0.2, 0) is 0 Å². The first kappa shape index (κ1) is 11.3. The van der Waals surface area contributed by atoms with Crippen molar-refractivity contribution < 1.29 is 4.74 Å². The van der Waals surface area contributed by atoms with Crippen molar-refractivity contribution >= 4 is 22.9 Å². The summed E-state index contributed by atoms with van der Waals surface area (Å²) in [5, 5.41) is 1.14. The molecular formula is C12H17ClOS. The largest absolute Gasteiger partial charge is 0.487 e. The molecule has 0 aliphatic heterocycles. The molecule has 1 aromatic heterocycles. The van der Waals surface area contributed by atoms with Crippen LogP contribution in [0.3, 0.4) is 0 Å². The van der Waals surface area contributed by atoms with Crippen LogP contribution in [0, 0.1) is 11.8 Å². The summed E-state index contributed by atoms with van der Waals surface area (Å²) in [6, 6.07) is 4.11. The Bertz CT molecular complexity index is 323. The molecule has 15 heavy (non-hydrogen) atoms. The number of halogens is 1. The Morgan fingerprint density at radius 2 is 2.27 bits per heavy atom. The highest BCUT2D eigenvalue weighted by molar-refractivity contribution is 7.14. The first-order chi connectivity index (χ1) is 7.22. The first-order valence-corrected chi connectivity index (χ1v) is 6.75. The maximum Gasteiger partial charge on any atom is 0.173 e. The molecule has 1 heterocycles. The number of alkyl halides is 1. The molecule has 1 fully saturated rings. The van der Waals surface area contributed by atoms with E-state index in [2.05, 4.69) is 13.0 Å². The molecule has 0 amide bonds. The predicted octanol–water partition coefficient (Wildman–Crippen LogP) is 4.47. The monoisotopic (exact) mass is 244 g/mol. The summed E-state index contributed by atoms with van der Waals surface area (Å²) in [4.78, 5) is 1.26. The number of methoxy groups -OCH3 is 1. The highest BCUT2D eigenvalue weighted by Crippen LogP contribution is 2.46. The minimum atomic E-state index is 0.177. The molecule has 2 rings (SSSR count). The fourth-order valence-electron chi connectivity index (χ4n) is 2.41. The molecule has 0 spiro atoms. The van der Waals surface area contributed by atoms with Crippen LogP contribution < -0.4 is 4.74 Å². The van der Waals surface area contributed by atoms with E-state index >= 15 is 0 Å². The third kappa shape index (κ3) is 2.31. The summed E-state index contributed by atoms with van der Waals surface area (Å²) in [7, 11) is 1.71. The second-order valence-electron chi connectivity index (χ2n) is 4.33. The molecule has 1 aliphatic rings. The van der Waals surface area contributed by atoms with E-state index in [0.717, 1.165) is 11.0 Å². The summed E-state index contributed by atoms with van der Waals surface area (Å²) < 4.78 is 5.19. The maximum absolute atomic E-state index is 6.53. The summed E-state index contributed by atoms with van der Waals surface area (Å²) in [6.45, 7) is 2.32. The van der Waals surface area contributed by atoms with Gasteiger partial charge in [0, 0.05) is 4.88 Å². The zero-order valence-electron chi connectivity index (χ0n) is 9.20. The Kier molecular flexibility index (Phi) is 3.57. The molecular weight excluding hydrogens is 228 g/mol. The molecule has 1 aliphatic carbocycles. The summed E-state index contributed by atoms with van der Waals surface area (Å²) in [5.41, 5.74) is 0. The number of hydrogen-bond donors (Lipinski definition) is 0. The van der Waals surface area contributed by atoms with Crippen LogP contribution in [0.4, 0.5) is 0 Å². The van der Waals surface area contributed by atoms with Gasteiger partial charge in [-0.05, 0) is 30.4 Å². The lowest BCUT2D eigenvalue weighted by molar-refractivity contribution is 0.408. The standard InChI is InChI=1S/C12H17ClOS/c1-8-4-3-5-9(8)12(13)10-6-7-11(14-2)15-10/h6-9,12H,3-5H2,1-2H3. The first-order valence-electron chi connectivity index (χ1n) is 5.50. The van der Waals surface area contributed by atoms with Gasteiger partial charge < -0.3 is 4.74 Å². The van der Waals surface area contributed by atoms with Gasteiger partial charge in [0.1, 0.15) is 0 Å². The van der Waals surface area contributed by atoms with Crippen LogP contribution in [-0.4, -0.2) is 7.11 Å². The average Bonchev–Trinajstić information content (AvgIpc) is 2.84. The SMILES string of the molecule is COc1ccc(C(Cl)C2CCCC2C)s1. The fourth-order valence-corrected chi connectivity index (χ4v) is 3.87. The zero-order chi connectivity index (χ0) is 10.8. The van der Waals surface area contributed by atoms with Gasteiger partial charge >= 0.3 is 0 Å². The van der Waals surface area contributed by atoms with Crippen molar-refractivity contribution in [3.8, 4) is 5.06 Å². The van der Waals surface area contributed by atoms with Gasteiger partial charge in [0.25, 0.3) is 0 Å². The summed E-state index contributed by atoms with van der Waals surface area (Å²) in [6.07, 6.45) is 3.93. The van der Waals surface area contributed by atoms with Gasteiger partial charge in [-0.3, -0.25) is 0 Å². The van der Waals surface area contributed by atoms with E-state index in [1.807, 2.05) is 6.07 Å². The van der Waals surface area contributed by atoms with Gasteiger partial charge in [0.05, 0.1) is 12.5 Å². The van der Waals surface area contributed by atoms with Crippen LogP contribution in [0.15, 0.2) is 12.1 Å². The molecule has 3 heteroatoms. The molecule has 3 atom stereocenters. The molecule has 3 unspecified atom stereocenters. The molecule has 0 N–H and O–H groups in total. The van der Waals surface area contributed by atoms with E-state index in [9.17, 15) is 0 Å². The Morgan fingerprint density at radius 1 is 1.47 bits per heavy atom. The van der Waals surface area contributed by atoms with Crippen molar-refractivity contribution in [3.05, 3.63) is 17.0 Å². The number of rotatable bonds is 3. The quantitative estimate of drug-likeness (QED) is 0.713. The van der Waals surface area contributed by atoms with Gasteiger partial charge in [-0.1, -0.05) is 19.8 Å². The second kappa shape index (κ2) is 4.75. The van der Waals surface area contributed by atoms with E-state index in [1.165, 1.54) is 24.1 Å². The normalized spacial score (nSPS) is 27.9. The van der Waals surface area contributed by atoms with Crippen LogP contribution in [0.1, 0.15) is 36.4 Å². The molecule has 0 saturated heterocycles. The van der Waals surface area contributed by atoms with Crippen molar-refractivity contribution in [2.24, 2.45) is 11.8 Å². The van der Waals surface area contributed by atoms with E-state index in [0.29, 0.717) is 5.92 Å². The molecule has 0 radical (unpaired) electrons. The van der Waals surface area contributed by atoms with Crippen LogP contribution in [0.25, 0.3) is 0 Å². The lowest BCUT2D eigenvalue weighted by Gasteiger charge is -2.20. The topological polar surface area (TPSA) is 9.23 Å². The van der Waals surface area contributed by atoms with E-state index in [4.69, 9.17) is 16.3 Å². The van der Waals surface area contributed by atoms with E-state index < -0.39 is 0 Å². The predicted molar refractivity (Wildman–Crippen MR) is 66.0 cm³/mol. The highest BCUT2D eigenvalue weighted by Gasteiger charge is 2.31. The van der Waals surface area contributed by atoms with Crippen molar-refractivity contribution in [2.45, 2.75) is 31.6 Å². The highest BCUT2D eigenvalue weighted by atomic mass is 35.5. The van der Waals surface area contributed by atoms with E-state index in [1.54, 1.807) is 18.4 Å². The Labute approximate surface area is 100 Å². The molecule has 0 aromatic carbocycles. The lowest BCUT2D eigenvalue weighted by Crippen LogP contribution is -2.09. The van der Waals surface area contributed by atoms with Gasteiger partial charge in [-0.15, -0.1) is 22.9 Å². The molecule has 84 valence electrons. The minimum Gasteiger partial charge on any atom is -0.487 e.